The first-order valence-electron chi connectivity index (χ1n) is 13.2. The number of hydrogen-bond acceptors (Lipinski definition) is 1. The van der Waals surface area contributed by atoms with Crippen LogP contribution < -0.4 is 5.73 Å². The van der Waals surface area contributed by atoms with Crippen LogP contribution in [0.3, 0.4) is 0 Å². The summed E-state index contributed by atoms with van der Waals surface area (Å²) in [7, 11) is 0. The van der Waals surface area contributed by atoms with Gasteiger partial charge in [-0.2, -0.15) is 0 Å². The molecule has 0 aromatic heterocycles. The standard InChI is InChI=1S/C22H27N.2C4H10.C2H6/c1-5-8-18-10-7-11-19(14-18)17(4)21(9-6-2)20-13-12-16(3)22(23)15-20;2*1-3-4-2;1-2/h6-7,9-15H,5,8,23H2,1-4H3;2*3-4H2,1-2H3;1-2H3/b9-6-,21-17-;;;. The Hall–Kier alpha value is -2.28. The molecule has 0 spiro atoms. The van der Waals surface area contributed by atoms with Crippen LogP contribution in [-0.4, -0.2) is 0 Å². The van der Waals surface area contributed by atoms with Gasteiger partial charge < -0.3 is 5.73 Å². The lowest BCUT2D eigenvalue weighted by atomic mass is 9.93. The van der Waals surface area contributed by atoms with E-state index in [2.05, 4.69) is 103 Å². The highest BCUT2D eigenvalue weighted by Crippen LogP contribution is 2.29. The van der Waals surface area contributed by atoms with Gasteiger partial charge in [-0.1, -0.05) is 129 Å². The van der Waals surface area contributed by atoms with E-state index in [9.17, 15) is 0 Å². The van der Waals surface area contributed by atoms with Gasteiger partial charge in [-0.25, -0.2) is 0 Å². The molecule has 0 saturated heterocycles. The Bertz CT molecular complexity index is 788. The van der Waals surface area contributed by atoms with Crippen LogP contribution in [0.5, 0.6) is 0 Å². The van der Waals surface area contributed by atoms with E-state index in [1.165, 1.54) is 59.9 Å². The molecule has 1 heteroatoms. The van der Waals surface area contributed by atoms with E-state index in [0.29, 0.717) is 0 Å². The Labute approximate surface area is 207 Å². The van der Waals surface area contributed by atoms with Gasteiger partial charge in [-0.15, -0.1) is 0 Å². The van der Waals surface area contributed by atoms with Crippen molar-refractivity contribution in [3.63, 3.8) is 0 Å². The molecule has 0 saturated carbocycles. The number of allylic oxidation sites excluding steroid dienone is 4. The zero-order valence-corrected chi connectivity index (χ0v) is 23.5. The average Bonchev–Trinajstić information content (AvgIpc) is 2.86. The maximum atomic E-state index is 6.11. The molecule has 2 aromatic rings. The molecule has 0 fully saturated rings. The molecule has 186 valence electrons. The zero-order chi connectivity index (χ0) is 25.6. The second-order valence-corrected chi connectivity index (χ2v) is 8.06. The summed E-state index contributed by atoms with van der Waals surface area (Å²) in [4.78, 5) is 0. The van der Waals surface area contributed by atoms with Crippen LogP contribution in [-0.2, 0) is 6.42 Å². The van der Waals surface area contributed by atoms with Crippen molar-refractivity contribution in [2.75, 3.05) is 5.73 Å². The largest absolute Gasteiger partial charge is 0.398 e. The average molecular weight is 452 g/mol. The smallest absolute Gasteiger partial charge is 0.0349 e. The summed E-state index contributed by atoms with van der Waals surface area (Å²) in [6.07, 6.45) is 11.8. The summed E-state index contributed by atoms with van der Waals surface area (Å²) in [5.74, 6) is 0. The molecule has 0 amide bonds. The number of hydrogen-bond donors (Lipinski definition) is 1. The predicted molar refractivity (Wildman–Crippen MR) is 156 cm³/mol. The maximum absolute atomic E-state index is 6.11. The third-order valence-corrected chi connectivity index (χ3v) is 5.23. The first-order chi connectivity index (χ1) is 15.9. The van der Waals surface area contributed by atoms with Crippen molar-refractivity contribution < 1.29 is 0 Å². The third kappa shape index (κ3) is 13.8. The molecule has 2 rings (SSSR count). The Morgan fingerprint density at radius 1 is 0.788 bits per heavy atom. The lowest BCUT2D eigenvalue weighted by Gasteiger charge is -2.12. The molecule has 0 unspecified atom stereocenters. The van der Waals surface area contributed by atoms with E-state index in [1.807, 2.05) is 20.8 Å². The second kappa shape index (κ2) is 21.6. The quantitative estimate of drug-likeness (QED) is 0.253. The minimum Gasteiger partial charge on any atom is -0.398 e. The van der Waals surface area contributed by atoms with Gasteiger partial charge in [0.1, 0.15) is 0 Å². The number of aryl methyl sites for hydroxylation is 2. The Kier molecular flexibility index (Phi) is 21.5. The van der Waals surface area contributed by atoms with Crippen LogP contribution in [0.4, 0.5) is 5.69 Å². The van der Waals surface area contributed by atoms with E-state index < -0.39 is 0 Å². The normalized spacial score (nSPS) is 10.7. The number of rotatable bonds is 7. The number of unbranched alkanes of at least 4 members (excludes halogenated alkanes) is 2. The van der Waals surface area contributed by atoms with E-state index in [0.717, 1.165) is 17.7 Å². The van der Waals surface area contributed by atoms with Crippen molar-refractivity contribution in [2.45, 2.75) is 108 Å². The van der Waals surface area contributed by atoms with Gasteiger partial charge in [0.05, 0.1) is 0 Å². The maximum Gasteiger partial charge on any atom is 0.0349 e. The van der Waals surface area contributed by atoms with Gasteiger partial charge in [-0.05, 0) is 66.7 Å². The molecule has 0 aliphatic carbocycles. The summed E-state index contributed by atoms with van der Waals surface area (Å²) >= 11 is 0. The number of benzene rings is 2. The molecule has 2 aromatic carbocycles. The van der Waals surface area contributed by atoms with Crippen LogP contribution in [0.2, 0.25) is 0 Å². The van der Waals surface area contributed by atoms with E-state index in [1.54, 1.807) is 0 Å². The van der Waals surface area contributed by atoms with Crippen molar-refractivity contribution in [3.8, 4) is 0 Å². The Balaban J connectivity index is 0. The summed E-state index contributed by atoms with van der Waals surface area (Å²) in [5, 5.41) is 0. The molecule has 0 heterocycles. The highest BCUT2D eigenvalue weighted by atomic mass is 14.6. The molecule has 33 heavy (non-hydrogen) atoms. The van der Waals surface area contributed by atoms with Crippen molar-refractivity contribution in [3.05, 3.63) is 76.9 Å². The van der Waals surface area contributed by atoms with Gasteiger partial charge in [0.25, 0.3) is 0 Å². The summed E-state index contributed by atoms with van der Waals surface area (Å²) in [5.41, 5.74) is 14.4. The van der Waals surface area contributed by atoms with E-state index in [4.69, 9.17) is 5.73 Å². The summed E-state index contributed by atoms with van der Waals surface area (Å²) in [6.45, 7) is 21.2. The minimum atomic E-state index is 0.844. The van der Waals surface area contributed by atoms with Crippen molar-refractivity contribution >= 4 is 16.8 Å². The molecule has 2 N–H and O–H groups in total. The fourth-order valence-electron chi connectivity index (χ4n) is 2.82. The molecule has 0 aliphatic heterocycles. The summed E-state index contributed by atoms with van der Waals surface area (Å²) in [6, 6.07) is 15.2. The molecule has 1 nitrogen and oxygen atoms in total. The second-order valence-electron chi connectivity index (χ2n) is 8.06. The number of nitrogens with two attached hydrogens (primary N) is 1. The molecule has 0 radical (unpaired) electrons. The van der Waals surface area contributed by atoms with Gasteiger partial charge in [0.2, 0.25) is 0 Å². The van der Waals surface area contributed by atoms with E-state index >= 15 is 0 Å². The van der Waals surface area contributed by atoms with Gasteiger partial charge in [0.15, 0.2) is 0 Å². The molecular weight excluding hydrogens is 398 g/mol. The van der Waals surface area contributed by atoms with E-state index in [-0.39, 0.29) is 0 Å². The predicted octanol–water partition coefficient (Wildman–Crippen LogP) is 10.7. The fraction of sp³-hybridized carbons (Fsp3) is 0.500. The lowest BCUT2D eigenvalue weighted by Crippen LogP contribution is -1.94. The van der Waals surface area contributed by atoms with Crippen molar-refractivity contribution in [2.24, 2.45) is 0 Å². The SMILES string of the molecule is C/C=C\C(=C(/C)c1cccc(CCC)c1)c1ccc(C)c(N)c1.CC.CCCC.CCCC. The first kappa shape index (κ1) is 32.9. The Morgan fingerprint density at radius 2 is 1.36 bits per heavy atom. The van der Waals surface area contributed by atoms with Crippen molar-refractivity contribution in [1.82, 2.24) is 0 Å². The molecule has 0 bridgehead atoms. The molecular formula is C32H53N. The van der Waals surface area contributed by atoms with Crippen molar-refractivity contribution in [1.29, 1.82) is 0 Å². The first-order valence-corrected chi connectivity index (χ1v) is 13.2. The monoisotopic (exact) mass is 451 g/mol. The highest BCUT2D eigenvalue weighted by molar-refractivity contribution is 5.95. The number of nitrogen functional groups attached to an aromatic ring is 1. The fourth-order valence-corrected chi connectivity index (χ4v) is 2.82. The van der Waals surface area contributed by atoms with Crippen LogP contribution in [0.25, 0.3) is 11.1 Å². The Morgan fingerprint density at radius 3 is 1.82 bits per heavy atom. The minimum absolute atomic E-state index is 0.844. The zero-order valence-electron chi connectivity index (χ0n) is 23.5. The lowest BCUT2D eigenvalue weighted by molar-refractivity contribution is 0.886. The summed E-state index contributed by atoms with van der Waals surface area (Å²) < 4.78 is 0. The van der Waals surface area contributed by atoms with Gasteiger partial charge in [0, 0.05) is 5.69 Å². The van der Waals surface area contributed by atoms with Gasteiger partial charge >= 0.3 is 0 Å². The van der Waals surface area contributed by atoms with Crippen LogP contribution in [0.15, 0.2) is 54.6 Å². The van der Waals surface area contributed by atoms with Crippen LogP contribution >= 0.6 is 0 Å². The molecule has 0 aliphatic rings. The highest BCUT2D eigenvalue weighted by Gasteiger charge is 2.07. The third-order valence-electron chi connectivity index (χ3n) is 5.23. The topological polar surface area (TPSA) is 26.0 Å². The van der Waals surface area contributed by atoms with Crippen LogP contribution in [0.1, 0.15) is 117 Å². The number of anilines is 1. The molecule has 0 atom stereocenters. The van der Waals surface area contributed by atoms with Gasteiger partial charge in [-0.3, -0.25) is 0 Å². The van der Waals surface area contributed by atoms with Crippen LogP contribution in [0, 0.1) is 6.92 Å².